The predicted molar refractivity (Wildman–Crippen MR) is 101 cm³/mol. The molecule has 1 aliphatic rings. The van der Waals surface area contributed by atoms with E-state index in [9.17, 15) is 23.9 Å². The molecule has 0 saturated carbocycles. The van der Waals surface area contributed by atoms with E-state index in [4.69, 9.17) is 17.3 Å². The first-order chi connectivity index (χ1) is 13.1. The van der Waals surface area contributed by atoms with Gasteiger partial charge in [-0.2, -0.15) is 0 Å². The van der Waals surface area contributed by atoms with Gasteiger partial charge in [-0.05, 0) is 38.0 Å². The number of rotatable bonds is 4. The Bertz CT molecular complexity index is 1050. The lowest BCUT2D eigenvalue weighted by molar-refractivity contribution is 0.0721. The Labute approximate surface area is 165 Å². The summed E-state index contributed by atoms with van der Waals surface area (Å²) in [5, 5.41) is 10.3. The Morgan fingerprint density at radius 2 is 2.04 bits per heavy atom. The third-order valence-electron chi connectivity index (χ3n) is 4.73. The molecule has 0 atom stereocenters. The number of halogens is 2. The molecule has 3 rings (SSSR count). The summed E-state index contributed by atoms with van der Waals surface area (Å²) in [5.74, 6) is -2.72. The third-order valence-corrected chi connectivity index (χ3v) is 5.02. The molecule has 0 unspecified atom stereocenters. The zero-order valence-electron chi connectivity index (χ0n) is 15.3. The number of carbonyl (C=O) groups is 2. The van der Waals surface area contributed by atoms with E-state index in [0.717, 1.165) is 4.57 Å². The number of nitrogens with two attached hydrogens (primary N) is 1. The number of carbonyl (C=O) groups excluding carboxylic acids is 2. The summed E-state index contributed by atoms with van der Waals surface area (Å²) < 4.78 is 14.5. The highest BCUT2D eigenvalue weighted by Gasteiger charge is 2.34. The summed E-state index contributed by atoms with van der Waals surface area (Å²) in [4.78, 5) is 39.0. The fourth-order valence-corrected chi connectivity index (χ4v) is 3.68. The van der Waals surface area contributed by atoms with Crippen molar-refractivity contribution in [3.63, 3.8) is 0 Å². The van der Waals surface area contributed by atoms with E-state index in [2.05, 4.69) is 0 Å². The van der Waals surface area contributed by atoms with Crippen molar-refractivity contribution in [1.82, 2.24) is 9.47 Å². The zero-order valence-corrected chi connectivity index (χ0v) is 16.1. The van der Waals surface area contributed by atoms with Crippen LogP contribution in [0.15, 0.2) is 23.0 Å². The monoisotopic (exact) mass is 407 g/mol. The molecule has 0 saturated heterocycles. The van der Waals surface area contributed by atoms with Gasteiger partial charge in [0.15, 0.2) is 5.75 Å². The average molecular weight is 408 g/mol. The molecule has 0 radical (unpaired) electrons. The molecule has 28 heavy (non-hydrogen) atoms. The van der Waals surface area contributed by atoms with Crippen LogP contribution in [0, 0.1) is 5.82 Å². The van der Waals surface area contributed by atoms with Crippen LogP contribution in [0.4, 0.5) is 4.39 Å². The Morgan fingerprint density at radius 1 is 1.36 bits per heavy atom. The molecular formula is C19H19ClFN3O4. The molecule has 0 spiro atoms. The smallest absolute Gasteiger partial charge is 0.294 e. The first-order valence-corrected chi connectivity index (χ1v) is 9.04. The normalized spacial score (nSPS) is 13.8. The van der Waals surface area contributed by atoms with Crippen LogP contribution in [0.5, 0.6) is 5.75 Å². The maximum Gasteiger partial charge on any atom is 0.294 e. The van der Waals surface area contributed by atoms with Crippen LogP contribution in [0.3, 0.4) is 0 Å². The molecule has 1 aliphatic heterocycles. The quantitative estimate of drug-likeness (QED) is 0.810. The van der Waals surface area contributed by atoms with Crippen LogP contribution in [0.25, 0.3) is 0 Å². The highest BCUT2D eigenvalue weighted by molar-refractivity contribution is 6.30. The predicted octanol–water partition coefficient (Wildman–Crippen LogP) is 2.22. The van der Waals surface area contributed by atoms with Crippen molar-refractivity contribution < 1.29 is 19.1 Å². The molecule has 148 valence electrons. The maximum atomic E-state index is 13.3. The first kappa shape index (κ1) is 19.9. The molecule has 3 N–H and O–H groups in total. The number of benzene rings is 1. The second-order valence-corrected chi connectivity index (χ2v) is 7.32. The second kappa shape index (κ2) is 7.27. The summed E-state index contributed by atoms with van der Waals surface area (Å²) in [5.41, 5.74) is 5.20. The fraction of sp³-hybridized carbons (Fsp3) is 0.316. The third kappa shape index (κ3) is 3.24. The number of hydrogen-bond acceptors (Lipinski definition) is 4. The second-order valence-electron chi connectivity index (χ2n) is 6.91. The van der Waals surface area contributed by atoms with Gasteiger partial charge < -0.3 is 15.7 Å². The SMILES string of the molecule is CC(C)n1c(C(N)=O)c2c(c(O)c1=O)C(=O)N(Cc1ccc(F)c(Cl)c1)CC2. The van der Waals surface area contributed by atoms with Crippen LogP contribution in [0.1, 0.15) is 51.9 Å². The maximum absolute atomic E-state index is 13.3. The number of primary amides is 1. The van der Waals surface area contributed by atoms with Crippen molar-refractivity contribution in [2.75, 3.05) is 6.54 Å². The van der Waals surface area contributed by atoms with Gasteiger partial charge in [-0.3, -0.25) is 19.0 Å². The van der Waals surface area contributed by atoms with Crippen molar-refractivity contribution in [3.8, 4) is 5.75 Å². The van der Waals surface area contributed by atoms with E-state index in [1.807, 2.05) is 0 Å². The Hall–Kier alpha value is -2.87. The molecule has 7 nitrogen and oxygen atoms in total. The molecule has 0 fully saturated rings. The summed E-state index contributed by atoms with van der Waals surface area (Å²) in [6, 6.07) is 3.67. The minimum absolute atomic E-state index is 0.0642. The average Bonchev–Trinajstić information content (AvgIpc) is 2.62. The number of nitrogens with zero attached hydrogens (tertiary/aromatic N) is 2. The Morgan fingerprint density at radius 3 is 2.61 bits per heavy atom. The molecule has 2 aromatic rings. The van der Waals surface area contributed by atoms with Gasteiger partial charge in [-0.15, -0.1) is 0 Å². The largest absolute Gasteiger partial charge is 0.502 e. The topological polar surface area (TPSA) is 106 Å². The van der Waals surface area contributed by atoms with Crippen LogP contribution in [0.2, 0.25) is 5.02 Å². The Kier molecular flexibility index (Phi) is 5.16. The number of pyridine rings is 1. The van der Waals surface area contributed by atoms with Gasteiger partial charge in [0.1, 0.15) is 11.5 Å². The van der Waals surface area contributed by atoms with E-state index in [1.54, 1.807) is 13.8 Å². The molecule has 0 aliphatic carbocycles. The molecule has 1 aromatic carbocycles. The van der Waals surface area contributed by atoms with Gasteiger partial charge in [-0.25, -0.2) is 4.39 Å². The van der Waals surface area contributed by atoms with E-state index in [-0.39, 0.29) is 41.4 Å². The molecule has 2 amide bonds. The van der Waals surface area contributed by atoms with Crippen molar-refractivity contribution in [1.29, 1.82) is 0 Å². The lowest BCUT2D eigenvalue weighted by Gasteiger charge is -2.31. The summed E-state index contributed by atoms with van der Waals surface area (Å²) in [7, 11) is 0. The summed E-state index contributed by atoms with van der Waals surface area (Å²) >= 11 is 5.78. The molecule has 2 heterocycles. The lowest BCUT2D eigenvalue weighted by atomic mass is 9.95. The highest BCUT2D eigenvalue weighted by Crippen LogP contribution is 2.30. The van der Waals surface area contributed by atoms with Crippen molar-refractivity contribution in [3.05, 3.63) is 61.8 Å². The van der Waals surface area contributed by atoms with E-state index < -0.39 is 35.0 Å². The van der Waals surface area contributed by atoms with Gasteiger partial charge >= 0.3 is 0 Å². The van der Waals surface area contributed by atoms with Crippen molar-refractivity contribution in [2.45, 2.75) is 32.9 Å². The van der Waals surface area contributed by atoms with Gasteiger partial charge in [-0.1, -0.05) is 17.7 Å². The number of fused-ring (bicyclic) bond motifs is 1. The summed E-state index contributed by atoms with van der Waals surface area (Å²) in [6.07, 6.45) is 0.231. The number of amides is 2. The van der Waals surface area contributed by atoms with Crippen LogP contribution >= 0.6 is 11.6 Å². The molecule has 9 heteroatoms. The molecule has 1 aromatic heterocycles. The summed E-state index contributed by atoms with van der Waals surface area (Å²) in [6.45, 7) is 3.69. The minimum atomic E-state index is -0.845. The highest BCUT2D eigenvalue weighted by atomic mass is 35.5. The fourth-order valence-electron chi connectivity index (χ4n) is 3.48. The van der Waals surface area contributed by atoms with Crippen LogP contribution in [-0.4, -0.2) is 32.9 Å². The molecule has 0 bridgehead atoms. The van der Waals surface area contributed by atoms with Crippen molar-refractivity contribution in [2.24, 2.45) is 5.73 Å². The van der Waals surface area contributed by atoms with Gasteiger partial charge in [0.25, 0.3) is 17.4 Å². The van der Waals surface area contributed by atoms with E-state index in [0.29, 0.717) is 5.56 Å². The van der Waals surface area contributed by atoms with Gasteiger partial charge in [0, 0.05) is 24.7 Å². The first-order valence-electron chi connectivity index (χ1n) is 8.66. The number of aromatic nitrogens is 1. The lowest BCUT2D eigenvalue weighted by Crippen LogP contribution is -2.42. The van der Waals surface area contributed by atoms with Gasteiger partial charge in [0.05, 0.1) is 10.6 Å². The minimum Gasteiger partial charge on any atom is -0.502 e. The number of aromatic hydroxyl groups is 1. The standard InChI is InChI=1S/C19H19ClFN3O4/c1-9(2)24-15(17(22)26)11-5-6-23(18(27)14(11)16(25)19(24)28)8-10-3-4-13(21)12(20)7-10/h3-4,7,9,25H,5-6,8H2,1-2H3,(H2,22,26). The van der Waals surface area contributed by atoms with Gasteiger partial charge in [0.2, 0.25) is 0 Å². The number of hydrogen-bond donors (Lipinski definition) is 2. The van der Waals surface area contributed by atoms with Crippen LogP contribution < -0.4 is 11.3 Å². The van der Waals surface area contributed by atoms with Crippen molar-refractivity contribution >= 4 is 23.4 Å². The van der Waals surface area contributed by atoms with E-state index in [1.165, 1.54) is 23.1 Å². The molecular weight excluding hydrogens is 389 g/mol. The zero-order chi connectivity index (χ0) is 20.7. The Balaban J connectivity index is 2.08. The van der Waals surface area contributed by atoms with Crippen LogP contribution in [-0.2, 0) is 13.0 Å². The van der Waals surface area contributed by atoms with E-state index >= 15 is 0 Å².